The van der Waals surface area contributed by atoms with Gasteiger partial charge in [0.15, 0.2) is 0 Å². The monoisotopic (exact) mass is 953 g/mol. The van der Waals surface area contributed by atoms with Crippen molar-refractivity contribution >= 4 is 43.7 Å². The Kier molecular flexibility index (Phi) is 20.1. The van der Waals surface area contributed by atoms with Gasteiger partial charge >= 0.3 is 45.1 Å². The number of amides is 4. The van der Waals surface area contributed by atoms with Crippen molar-refractivity contribution in [3.63, 3.8) is 0 Å². The smallest absolute Gasteiger partial charge is 0.453 e. The standard InChI is InChI=1S/C32H42F10N7O13P/c1-29(2,31(37,38)39)21(46-26(52)58-5)23(50)45-11-16(62-28(54)60-14-61-63(55,56)57)12-49(48-24(51)22(47-27(53)59-6)30(3,4)32(40,41)42)13-17-18(33)9-15(10-19(17)34)20(43)7-8-44-25(35)36/h7-10,16,21-22,25,43-44H,11-14H2,1-6H3,(H,45,50)(H,46,52)(H,47,53)(H,48,51)(H2,55,56,57)/b8-7-,43-20?/t16-,21?,22-/m1/s1. The Hall–Kier alpha value is -5.45. The summed E-state index contributed by atoms with van der Waals surface area (Å²) in [6.45, 7) is -6.63. The molecule has 0 radical (unpaired) electrons. The van der Waals surface area contributed by atoms with Crippen molar-refractivity contribution < 1.29 is 106 Å². The zero-order valence-electron chi connectivity index (χ0n) is 33.5. The number of allylic oxidation sites excluding steroid dienone is 1. The van der Waals surface area contributed by atoms with E-state index in [-0.39, 0.29) is 0 Å². The third kappa shape index (κ3) is 17.3. The number of rotatable bonds is 21. The van der Waals surface area contributed by atoms with Crippen LogP contribution in [0.2, 0.25) is 0 Å². The number of hydrogen-bond acceptors (Lipinski definition) is 14. The van der Waals surface area contributed by atoms with E-state index < -0.39 is 141 Å². The van der Waals surface area contributed by atoms with Gasteiger partial charge in [-0.15, -0.1) is 0 Å². The summed E-state index contributed by atoms with van der Waals surface area (Å²) in [6.07, 6.45) is -16.6. The van der Waals surface area contributed by atoms with Crippen molar-refractivity contribution in [2.24, 2.45) is 10.8 Å². The van der Waals surface area contributed by atoms with Crippen molar-refractivity contribution in [2.75, 3.05) is 34.1 Å². The molecule has 0 spiro atoms. The zero-order valence-corrected chi connectivity index (χ0v) is 34.4. The minimum absolute atomic E-state index is 0.305. The lowest BCUT2D eigenvalue weighted by Gasteiger charge is -2.37. The van der Waals surface area contributed by atoms with Crippen LogP contribution < -0.4 is 26.7 Å². The van der Waals surface area contributed by atoms with E-state index in [4.69, 9.17) is 19.9 Å². The fraction of sp³-hybridized carbons (Fsp3) is 0.562. The van der Waals surface area contributed by atoms with E-state index in [0.717, 1.165) is 7.11 Å². The van der Waals surface area contributed by atoms with Gasteiger partial charge < -0.3 is 55.4 Å². The SMILES string of the molecule is COC(=O)NC(C(=O)NC[C@H](CN(Cc1c(F)cc(C(=N)/C=C\NC(F)F)cc1F)NC(=O)[C@@H](NC(=O)OC)C(C)(C)C(F)(F)F)OC(=O)OCOP(=O)(O)O)C(C)(C)C(F)(F)F. The summed E-state index contributed by atoms with van der Waals surface area (Å²) < 4.78 is 174. The first-order chi connectivity index (χ1) is 28.7. The molecule has 0 aliphatic heterocycles. The van der Waals surface area contributed by atoms with Gasteiger partial charge in [0, 0.05) is 23.9 Å². The lowest BCUT2D eigenvalue weighted by atomic mass is 9.83. The molecule has 1 aromatic carbocycles. The van der Waals surface area contributed by atoms with Crippen LogP contribution in [0, 0.1) is 27.9 Å². The summed E-state index contributed by atoms with van der Waals surface area (Å²) in [6, 6.07) is -4.25. The Morgan fingerprint density at radius 3 is 1.76 bits per heavy atom. The van der Waals surface area contributed by atoms with Gasteiger partial charge in [-0.2, -0.15) is 35.1 Å². The van der Waals surface area contributed by atoms with E-state index >= 15 is 8.78 Å². The number of carbonyl (C=O) groups excluding carboxylic acids is 5. The first-order valence-electron chi connectivity index (χ1n) is 17.1. The van der Waals surface area contributed by atoms with Crippen LogP contribution in [0.4, 0.5) is 58.3 Å². The number of methoxy groups -OCH3 is 2. The van der Waals surface area contributed by atoms with Crippen LogP contribution in [0.3, 0.4) is 0 Å². The number of benzene rings is 1. The number of nitrogens with zero attached hydrogens (tertiary/aromatic N) is 1. The van der Waals surface area contributed by atoms with Crippen LogP contribution >= 0.6 is 7.82 Å². The lowest BCUT2D eigenvalue weighted by molar-refractivity contribution is -0.221. The molecule has 1 unspecified atom stereocenters. The number of carbonyl (C=O) groups is 5. The number of hydrogen-bond donors (Lipinski definition) is 8. The summed E-state index contributed by atoms with van der Waals surface area (Å²) in [5.41, 5.74) is -6.89. The van der Waals surface area contributed by atoms with Crippen molar-refractivity contribution in [3.05, 3.63) is 47.2 Å². The molecule has 0 aromatic heterocycles. The van der Waals surface area contributed by atoms with Gasteiger partial charge in [-0.1, -0.05) is 0 Å². The molecule has 0 aliphatic rings. The lowest BCUT2D eigenvalue weighted by Crippen LogP contribution is -2.62. The number of hydrazine groups is 1. The quantitative estimate of drug-likeness (QED) is 0.0127. The second-order valence-electron chi connectivity index (χ2n) is 13.7. The Morgan fingerprint density at radius 2 is 1.33 bits per heavy atom. The number of alkyl carbamates (subject to hydrolysis) is 2. The highest BCUT2D eigenvalue weighted by Crippen LogP contribution is 2.42. The molecule has 1 aromatic rings. The van der Waals surface area contributed by atoms with Gasteiger partial charge in [0.1, 0.15) is 29.8 Å². The molecule has 20 nitrogen and oxygen atoms in total. The molecule has 4 amide bonds. The molecule has 0 bridgehead atoms. The number of phosphoric acid groups is 1. The minimum Gasteiger partial charge on any atom is -0.453 e. The van der Waals surface area contributed by atoms with E-state index in [2.05, 4.69) is 18.7 Å². The first-order valence-corrected chi connectivity index (χ1v) is 18.7. The molecule has 8 N–H and O–H groups in total. The van der Waals surface area contributed by atoms with Crippen molar-refractivity contribution in [2.45, 2.75) is 71.3 Å². The Balaban J connectivity index is 3.92. The fourth-order valence-corrected chi connectivity index (χ4v) is 4.81. The van der Waals surface area contributed by atoms with Crippen LogP contribution in [0.25, 0.3) is 0 Å². The van der Waals surface area contributed by atoms with E-state index in [1.807, 2.05) is 10.7 Å². The van der Waals surface area contributed by atoms with Gasteiger partial charge in [0.25, 0.3) is 5.91 Å². The second kappa shape index (κ2) is 22.8. The zero-order chi connectivity index (χ0) is 48.9. The van der Waals surface area contributed by atoms with E-state index in [1.165, 1.54) is 5.32 Å². The maximum Gasteiger partial charge on any atom is 0.510 e. The molecular formula is C32H42F10N7O13P. The average molecular weight is 954 g/mol. The van der Waals surface area contributed by atoms with E-state index in [9.17, 15) is 63.7 Å². The van der Waals surface area contributed by atoms with E-state index in [0.29, 0.717) is 64.2 Å². The number of nitrogens with one attached hydrogen (secondary N) is 6. The highest BCUT2D eigenvalue weighted by Gasteiger charge is 2.57. The minimum atomic E-state index is -5.31. The highest BCUT2D eigenvalue weighted by molar-refractivity contribution is 7.46. The molecule has 0 saturated heterocycles. The van der Waals surface area contributed by atoms with E-state index in [1.54, 1.807) is 10.6 Å². The van der Waals surface area contributed by atoms with Crippen LogP contribution in [0.5, 0.6) is 0 Å². The summed E-state index contributed by atoms with van der Waals surface area (Å²) in [5.74, 6) is -6.66. The Morgan fingerprint density at radius 1 is 0.857 bits per heavy atom. The van der Waals surface area contributed by atoms with Crippen molar-refractivity contribution in [1.29, 1.82) is 5.41 Å². The Bertz CT molecular complexity index is 1860. The molecule has 63 heavy (non-hydrogen) atoms. The molecule has 0 heterocycles. The molecule has 0 saturated carbocycles. The normalized spacial score (nSPS) is 14.0. The van der Waals surface area contributed by atoms with Gasteiger partial charge in [0.2, 0.25) is 12.7 Å². The molecular weight excluding hydrogens is 911 g/mol. The van der Waals surface area contributed by atoms with Crippen LogP contribution in [0.1, 0.15) is 38.8 Å². The number of ether oxygens (including phenoxy) is 4. The van der Waals surface area contributed by atoms with Crippen molar-refractivity contribution in [1.82, 2.24) is 31.7 Å². The molecule has 0 aliphatic carbocycles. The van der Waals surface area contributed by atoms with Crippen LogP contribution in [-0.2, 0) is 44.2 Å². The molecule has 358 valence electrons. The summed E-state index contributed by atoms with van der Waals surface area (Å²) in [7, 11) is -3.88. The largest absolute Gasteiger partial charge is 0.510 e. The molecule has 1 rings (SSSR count). The number of halogens is 10. The van der Waals surface area contributed by atoms with Gasteiger partial charge in [-0.25, -0.2) is 37.3 Å². The molecule has 0 fully saturated rings. The summed E-state index contributed by atoms with van der Waals surface area (Å²) in [4.78, 5) is 81.2. The number of phosphoric ester groups is 1. The molecule has 31 heteroatoms. The highest BCUT2D eigenvalue weighted by atomic mass is 31.2. The fourth-order valence-electron chi connectivity index (χ4n) is 4.62. The summed E-state index contributed by atoms with van der Waals surface area (Å²) >= 11 is 0. The number of alkyl halides is 8. The van der Waals surface area contributed by atoms with Gasteiger partial charge in [-0.3, -0.25) is 15.0 Å². The third-order valence-corrected chi connectivity index (χ3v) is 8.90. The van der Waals surface area contributed by atoms with Gasteiger partial charge in [0.05, 0.1) is 43.9 Å². The second-order valence-corrected chi connectivity index (χ2v) is 14.9. The molecule has 3 atom stereocenters. The predicted octanol–water partition coefficient (Wildman–Crippen LogP) is 3.82. The van der Waals surface area contributed by atoms with Crippen LogP contribution in [0.15, 0.2) is 24.4 Å². The van der Waals surface area contributed by atoms with Crippen LogP contribution in [-0.4, -0.2) is 122 Å². The third-order valence-electron chi connectivity index (χ3n) is 8.45. The Labute approximate surface area is 350 Å². The maximum absolute atomic E-state index is 15.6. The maximum atomic E-state index is 15.6. The first kappa shape index (κ1) is 55.6. The average Bonchev–Trinajstić information content (AvgIpc) is 3.13. The van der Waals surface area contributed by atoms with Crippen molar-refractivity contribution in [3.8, 4) is 0 Å². The summed E-state index contributed by atoms with van der Waals surface area (Å²) in [5, 5.41) is 14.9. The topological polar surface area (TPSA) is 276 Å². The van der Waals surface area contributed by atoms with Gasteiger partial charge in [-0.05, 0) is 45.9 Å². The predicted molar refractivity (Wildman–Crippen MR) is 191 cm³/mol.